The number of halogens is 2. The van der Waals surface area contributed by atoms with Crippen LogP contribution in [0.15, 0.2) is 53.5 Å². The van der Waals surface area contributed by atoms with E-state index >= 15 is 0 Å². The molecule has 0 saturated heterocycles. The number of nitrogens with zero attached hydrogens (tertiary/aromatic N) is 6. The van der Waals surface area contributed by atoms with Gasteiger partial charge in [0, 0.05) is 55.2 Å². The minimum atomic E-state index is -0.721. The highest BCUT2D eigenvalue weighted by Gasteiger charge is 2.25. The van der Waals surface area contributed by atoms with Gasteiger partial charge in [0.05, 0.1) is 16.4 Å². The number of aryl methyl sites for hydroxylation is 1. The zero-order chi connectivity index (χ0) is 25.4. The second-order valence-corrected chi connectivity index (χ2v) is 10.0. The molecule has 0 bridgehead atoms. The summed E-state index contributed by atoms with van der Waals surface area (Å²) in [6.07, 6.45) is 9.61. The van der Waals surface area contributed by atoms with Crippen LogP contribution in [-0.2, 0) is 20.0 Å². The molecular formula is C25H24BrFN6O3. The summed E-state index contributed by atoms with van der Waals surface area (Å²) in [5.41, 5.74) is 3.93. The van der Waals surface area contributed by atoms with Gasteiger partial charge < -0.3 is 14.9 Å². The Bertz CT molecular complexity index is 1430. The fraction of sp³-hybridized carbons (Fsp3) is 0.320. The van der Waals surface area contributed by atoms with Crippen molar-refractivity contribution in [3.8, 4) is 17.0 Å². The summed E-state index contributed by atoms with van der Waals surface area (Å²) in [6, 6.07) is 5.90. The van der Waals surface area contributed by atoms with E-state index in [0.717, 1.165) is 23.6 Å². The summed E-state index contributed by atoms with van der Waals surface area (Å²) in [6.45, 7) is 2.65. The third-order valence-electron chi connectivity index (χ3n) is 6.11. The molecule has 1 aromatic carbocycles. The first kappa shape index (κ1) is 24.1. The Balaban J connectivity index is 1.47. The second-order valence-electron chi connectivity index (χ2n) is 9.09. The third kappa shape index (κ3) is 5.30. The van der Waals surface area contributed by atoms with Gasteiger partial charge in [-0.15, -0.1) is 0 Å². The summed E-state index contributed by atoms with van der Waals surface area (Å²) < 4.78 is 24.6. The highest BCUT2D eigenvalue weighted by atomic mass is 79.9. The van der Waals surface area contributed by atoms with Crippen LogP contribution in [0.4, 0.5) is 10.2 Å². The van der Waals surface area contributed by atoms with E-state index in [2.05, 4.69) is 37.3 Å². The van der Waals surface area contributed by atoms with Crippen molar-refractivity contribution in [1.82, 2.24) is 24.5 Å². The van der Waals surface area contributed by atoms with E-state index in [-0.39, 0.29) is 5.75 Å². The van der Waals surface area contributed by atoms with Crippen molar-refractivity contribution in [2.75, 3.05) is 0 Å². The third-order valence-corrected chi connectivity index (χ3v) is 6.54. The molecule has 0 N–H and O–H groups in total. The van der Waals surface area contributed by atoms with Crippen LogP contribution < -0.4 is 4.74 Å². The molecule has 3 heterocycles. The monoisotopic (exact) mass is 554 g/mol. The van der Waals surface area contributed by atoms with E-state index in [4.69, 9.17) is 4.74 Å². The summed E-state index contributed by atoms with van der Waals surface area (Å²) in [5, 5.41) is 20.6. The lowest BCUT2D eigenvalue weighted by molar-refractivity contribution is -0.390. The molecule has 0 amide bonds. The number of aromatic nitrogens is 5. The van der Waals surface area contributed by atoms with Gasteiger partial charge in [-0.05, 0) is 75.3 Å². The Morgan fingerprint density at radius 2 is 2.08 bits per heavy atom. The highest BCUT2D eigenvalue weighted by Crippen LogP contribution is 2.36. The molecule has 1 saturated carbocycles. The maximum absolute atomic E-state index is 14.4. The smallest absolute Gasteiger partial charge is 0.406 e. The first-order chi connectivity index (χ1) is 17.3. The molecule has 186 valence electrons. The van der Waals surface area contributed by atoms with Gasteiger partial charge in [0.15, 0.2) is 6.20 Å². The fourth-order valence-corrected chi connectivity index (χ4v) is 4.56. The largest absolute Gasteiger partial charge is 0.478 e. The van der Waals surface area contributed by atoms with Crippen molar-refractivity contribution in [1.29, 1.82) is 0 Å². The van der Waals surface area contributed by atoms with Crippen molar-refractivity contribution in [2.24, 2.45) is 13.0 Å². The van der Waals surface area contributed by atoms with Crippen LogP contribution in [0.5, 0.6) is 5.75 Å². The zero-order valence-corrected chi connectivity index (χ0v) is 21.4. The van der Waals surface area contributed by atoms with Crippen molar-refractivity contribution in [2.45, 2.75) is 38.8 Å². The van der Waals surface area contributed by atoms with E-state index in [1.54, 1.807) is 17.7 Å². The molecule has 4 aromatic rings. The van der Waals surface area contributed by atoms with Gasteiger partial charge >= 0.3 is 5.82 Å². The summed E-state index contributed by atoms with van der Waals surface area (Å²) in [7, 11) is 1.84. The summed E-state index contributed by atoms with van der Waals surface area (Å²) in [4.78, 5) is 14.7. The first-order valence-corrected chi connectivity index (χ1v) is 12.4. The maximum Gasteiger partial charge on any atom is 0.406 e. The molecule has 0 aliphatic heterocycles. The number of hydrogen-bond donors (Lipinski definition) is 0. The van der Waals surface area contributed by atoms with Gasteiger partial charge in [0.2, 0.25) is 5.75 Å². The molecule has 9 nitrogen and oxygen atoms in total. The van der Waals surface area contributed by atoms with Gasteiger partial charge in [0.1, 0.15) is 11.9 Å². The lowest BCUT2D eigenvalue weighted by Gasteiger charge is -2.18. The van der Waals surface area contributed by atoms with Crippen LogP contribution in [0.3, 0.4) is 0 Å². The average Bonchev–Trinajstić information content (AvgIpc) is 3.41. The first-order valence-electron chi connectivity index (χ1n) is 11.6. The van der Waals surface area contributed by atoms with Crippen molar-refractivity contribution in [3.63, 3.8) is 0 Å². The number of rotatable bonds is 9. The molecule has 0 spiro atoms. The molecule has 0 radical (unpaired) electrons. The van der Waals surface area contributed by atoms with E-state index < -0.39 is 22.7 Å². The van der Waals surface area contributed by atoms with Gasteiger partial charge in [-0.2, -0.15) is 10.2 Å². The Hall–Kier alpha value is -3.60. The molecule has 1 aliphatic carbocycles. The standard InChI is InChI=1S/C25H24BrFN6O3/c1-15(36-23-8-19(26)11-28-25(23)33(34)35)22-9-20(27)5-6-21(22)24-18(14-31(2)30-24)7-17-10-29-32(13-17)12-16-3-4-16/h5-6,8-11,13-16H,3-4,7,12H2,1-2H3/t15-/m1/s1. The minimum Gasteiger partial charge on any atom is -0.478 e. The van der Waals surface area contributed by atoms with Crippen LogP contribution >= 0.6 is 15.9 Å². The molecule has 0 unspecified atom stereocenters. The number of pyridine rings is 1. The van der Waals surface area contributed by atoms with E-state index in [0.29, 0.717) is 27.7 Å². The molecule has 3 aromatic heterocycles. The molecule has 1 fully saturated rings. The van der Waals surface area contributed by atoms with Crippen molar-refractivity contribution < 1.29 is 14.1 Å². The topological polar surface area (TPSA) is 101 Å². The Morgan fingerprint density at radius 3 is 2.83 bits per heavy atom. The van der Waals surface area contributed by atoms with Crippen LogP contribution in [0.25, 0.3) is 11.3 Å². The van der Waals surface area contributed by atoms with E-state index in [1.807, 2.05) is 24.1 Å². The zero-order valence-electron chi connectivity index (χ0n) is 19.8. The Morgan fingerprint density at radius 1 is 1.28 bits per heavy atom. The lowest BCUT2D eigenvalue weighted by Crippen LogP contribution is -2.08. The van der Waals surface area contributed by atoms with Crippen LogP contribution in [-0.4, -0.2) is 29.5 Å². The summed E-state index contributed by atoms with van der Waals surface area (Å²) in [5.74, 6) is -0.137. The number of nitro groups is 1. The predicted octanol–water partition coefficient (Wildman–Crippen LogP) is 5.63. The minimum absolute atomic E-state index is 0.0126. The Kier molecular flexibility index (Phi) is 6.57. The van der Waals surface area contributed by atoms with E-state index in [1.165, 1.54) is 37.2 Å². The van der Waals surface area contributed by atoms with Gasteiger partial charge in [-0.3, -0.25) is 9.36 Å². The normalized spacial score (nSPS) is 14.1. The number of hydrogen-bond acceptors (Lipinski definition) is 6. The van der Waals surface area contributed by atoms with Crippen LogP contribution in [0.1, 0.15) is 42.6 Å². The number of ether oxygens (including phenoxy) is 1. The van der Waals surface area contributed by atoms with Crippen LogP contribution in [0.2, 0.25) is 0 Å². The quantitative estimate of drug-likeness (QED) is 0.196. The van der Waals surface area contributed by atoms with E-state index in [9.17, 15) is 14.5 Å². The highest BCUT2D eigenvalue weighted by molar-refractivity contribution is 9.10. The summed E-state index contributed by atoms with van der Waals surface area (Å²) >= 11 is 3.27. The van der Waals surface area contributed by atoms with Gasteiger partial charge in [-0.25, -0.2) is 4.39 Å². The second kappa shape index (κ2) is 9.81. The van der Waals surface area contributed by atoms with Crippen LogP contribution in [0, 0.1) is 21.8 Å². The van der Waals surface area contributed by atoms with Crippen molar-refractivity contribution in [3.05, 3.63) is 86.1 Å². The molecule has 36 heavy (non-hydrogen) atoms. The maximum atomic E-state index is 14.4. The Labute approximate surface area is 215 Å². The SMILES string of the molecule is C[C@@H](Oc1cc(Br)cnc1[N+](=O)[O-])c1cc(F)ccc1-c1nn(C)cc1Cc1cnn(CC2CC2)c1. The van der Waals surface area contributed by atoms with Gasteiger partial charge in [-0.1, -0.05) is 0 Å². The average molecular weight is 555 g/mol. The molecule has 5 rings (SSSR count). The molecule has 1 atom stereocenters. The molecule has 1 aliphatic rings. The van der Waals surface area contributed by atoms with Gasteiger partial charge in [0.25, 0.3) is 0 Å². The van der Waals surface area contributed by atoms with Crippen molar-refractivity contribution >= 4 is 21.7 Å². The lowest BCUT2D eigenvalue weighted by atomic mass is 9.96. The predicted molar refractivity (Wildman–Crippen MR) is 134 cm³/mol. The molecule has 11 heteroatoms. The number of benzene rings is 1. The fourth-order valence-electron chi connectivity index (χ4n) is 4.25. The molecular weight excluding hydrogens is 531 g/mol.